The zero-order valence-electron chi connectivity index (χ0n) is 19.7. The first-order valence-corrected chi connectivity index (χ1v) is 12.4. The highest BCUT2D eigenvalue weighted by atomic mass is 19.2. The average molecular weight is 449 g/mol. The molecule has 0 saturated carbocycles. The fraction of sp³-hybridized carbons (Fsp3) is 0.400. The third kappa shape index (κ3) is 5.52. The lowest BCUT2D eigenvalue weighted by molar-refractivity contribution is 0.00163. The lowest BCUT2D eigenvalue weighted by Crippen LogP contribution is -2.20. The van der Waals surface area contributed by atoms with Crippen LogP contribution in [-0.4, -0.2) is 6.61 Å². The van der Waals surface area contributed by atoms with Crippen LogP contribution in [0.2, 0.25) is 0 Å². The molecule has 3 aromatic rings. The molecule has 1 fully saturated rings. The Bertz CT molecular complexity index is 1030. The van der Waals surface area contributed by atoms with Crippen molar-refractivity contribution in [3.63, 3.8) is 0 Å². The molecule has 0 amide bonds. The molecule has 1 aliphatic rings. The van der Waals surface area contributed by atoms with Gasteiger partial charge in [0.2, 0.25) is 0 Å². The van der Waals surface area contributed by atoms with E-state index in [-0.39, 0.29) is 12.0 Å². The van der Waals surface area contributed by atoms with Gasteiger partial charge < -0.3 is 4.74 Å². The van der Waals surface area contributed by atoms with Crippen LogP contribution < -0.4 is 0 Å². The lowest BCUT2D eigenvalue weighted by Gasteiger charge is -2.30. The molecule has 33 heavy (non-hydrogen) atoms. The van der Waals surface area contributed by atoms with E-state index in [9.17, 15) is 4.39 Å². The van der Waals surface area contributed by atoms with Crippen molar-refractivity contribution in [2.24, 2.45) is 0 Å². The number of unbranched alkanes of at least 4 members (excludes halogenated alkanes) is 2. The quantitative estimate of drug-likeness (QED) is 0.314. The summed E-state index contributed by atoms with van der Waals surface area (Å²) < 4.78 is 36.1. The third-order valence-electron chi connectivity index (χ3n) is 6.92. The average Bonchev–Trinajstić information content (AvgIpc) is 2.86. The molecule has 0 spiro atoms. The summed E-state index contributed by atoms with van der Waals surface area (Å²) in [4.78, 5) is 0. The van der Waals surface area contributed by atoms with Gasteiger partial charge in [0.1, 0.15) is 0 Å². The van der Waals surface area contributed by atoms with Crippen LogP contribution in [0, 0.1) is 11.6 Å². The van der Waals surface area contributed by atoms with Crippen LogP contribution in [0.15, 0.2) is 60.7 Å². The molecule has 3 aromatic carbocycles. The van der Waals surface area contributed by atoms with Gasteiger partial charge in [0, 0.05) is 11.5 Å². The smallest absolute Gasteiger partial charge is 0.166 e. The normalized spacial score (nSPS) is 18.4. The highest BCUT2D eigenvalue weighted by molar-refractivity contribution is 5.65. The molecule has 1 aliphatic heterocycles. The second kappa shape index (κ2) is 11.1. The molecular weight excluding hydrogens is 414 g/mol. The van der Waals surface area contributed by atoms with Crippen LogP contribution >= 0.6 is 0 Å². The number of halogens is 2. The standard InChI is InChI=1S/C30H34F2O/c1-3-5-6-7-22-10-14-24(15-11-22)28-19-16-25(20-33-28)27-18-17-26(29(31)30(27)32)23-12-8-21(4-2)9-13-23/h8-15,17-18,25,28H,3-7,16,19-20H2,1-2H3. The molecule has 0 radical (unpaired) electrons. The highest BCUT2D eigenvalue weighted by Gasteiger charge is 2.28. The van der Waals surface area contributed by atoms with Gasteiger partial charge in [0.25, 0.3) is 0 Å². The minimum atomic E-state index is -0.766. The summed E-state index contributed by atoms with van der Waals surface area (Å²) in [6, 6.07) is 19.8. The van der Waals surface area contributed by atoms with Crippen LogP contribution in [0.1, 0.15) is 80.2 Å². The van der Waals surface area contributed by atoms with Crippen LogP contribution in [-0.2, 0) is 17.6 Å². The largest absolute Gasteiger partial charge is 0.373 e. The Morgan fingerprint density at radius 3 is 2.15 bits per heavy atom. The topological polar surface area (TPSA) is 9.23 Å². The van der Waals surface area contributed by atoms with Gasteiger partial charge in [-0.25, -0.2) is 8.78 Å². The van der Waals surface area contributed by atoms with E-state index in [0.717, 1.165) is 25.7 Å². The Morgan fingerprint density at radius 1 is 0.788 bits per heavy atom. The van der Waals surface area contributed by atoms with Crippen LogP contribution in [0.3, 0.4) is 0 Å². The number of ether oxygens (including phenoxy) is 1. The Kier molecular flexibility index (Phi) is 7.93. The molecule has 0 bridgehead atoms. The number of hydrogen-bond donors (Lipinski definition) is 0. The van der Waals surface area contributed by atoms with Crippen molar-refractivity contribution in [1.29, 1.82) is 0 Å². The summed E-state index contributed by atoms with van der Waals surface area (Å²) in [5, 5.41) is 0. The number of hydrogen-bond acceptors (Lipinski definition) is 1. The Morgan fingerprint density at radius 2 is 1.52 bits per heavy atom. The molecule has 2 unspecified atom stereocenters. The molecule has 1 nitrogen and oxygen atoms in total. The van der Waals surface area contributed by atoms with E-state index in [2.05, 4.69) is 38.1 Å². The molecule has 3 heteroatoms. The molecule has 1 heterocycles. The van der Waals surface area contributed by atoms with Crippen molar-refractivity contribution in [3.8, 4) is 11.1 Å². The number of aryl methyl sites for hydroxylation is 2. The minimum Gasteiger partial charge on any atom is -0.373 e. The van der Waals surface area contributed by atoms with Crippen molar-refractivity contribution in [1.82, 2.24) is 0 Å². The molecule has 0 aliphatic carbocycles. The van der Waals surface area contributed by atoms with Crippen molar-refractivity contribution in [2.45, 2.75) is 70.8 Å². The van der Waals surface area contributed by atoms with E-state index in [1.54, 1.807) is 12.1 Å². The van der Waals surface area contributed by atoms with Gasteiger partial charge in [-0.05, 0) is 59.9 Å². The Balaban J connectivity index is 1.40. The van der Waals surface area contributed by atoms with Crippen LogP contribution in [0.25, 0.3) is 11.1 Å². The Hall–Kier alpha value is -2.52. The molecular formula is C30H34F2O. The van der Waals surface area contributed by atoms with Gasteiger partial charge in [0.15, 0.2) is 11.6 Å². The molecule has 174 valence electrons. The van der Waals surface area contributed by atoms with Crippen molar-refractivity contribution < 1.29 is 13.5 Å². The maximum Gasteiger partial charge on any atom is 0.166 e. The van der Waals surface area contributed by atoms with E-state index in [4.69, 9.17) is 4.74 Å². The monoisotopic (exact) mass is 448 g/mol. The van der Waals surface area contributed by atoms with Crippen molar-refractivity contribution >= 4 is 0 Å². The molecule has 1 saturated heterocycles. The third-order valence-corrected chi connectivity index (χ3v) is 6.92. The van der Waals surface area contributed by atoms with Gasteiger partial charge in [-0.2, -0.15) is 0 Å². The summed E-state index contributed by atoms with van der Waals surface area (Å²) in [6.45, 7) is 4.70. The first-order valence-electron chi connectivity index (χ1n) is 12.4. The maximum atomic E-state index is 15.0. The lowest BCUT2D eigenvalue weighted by atomic mass is 9.88. The first-order chi connectivity index (χ1) is 16.1. The van der Waals surface area contributed by atoms with E-state index < -0.39 is 11.6 Å². The van der Waals surface area contributed by atoms with Crippen molar-refractivity contribution in [3.05, 3.63) is 94.6 Å². The van der Waals surface area contributed by atoms with E-state index >= 15 is 4.39 Å². The predicted molar refractivity (Wildman–Crippen MR) is 132 cm³/mol. The van der Waals surface area contributed by atoms with Gasteiger partial charge in [-0.3, -0.25) is 0 Å². The second-order valence-electron chi connectivity index (χ2n) is 9.18. The van der Waals surface area contributed by atoms with E-state index in [1.165, 1.54) is 36.0 Å². The zero-order valence-corrected chi connectivity index (χ0v) is 19.7. The van der Waals surface area contributed by atoms with E-state index in [1.807, 2.05) is 24.3 Å². The molecule has 0 N–H and O–H groups in total. The summed E-state index contributed by atoms with van der Waals surface area (Å²) in [7, 11) is 0. The summed E-state index contributed by atoms with van der Waals surface area (Å²) >= 11 is 0. The molecule has 4 rings (SSSR count). The summed E-state index contributed by atoms with van der Waals surface area (Å²) in [6.07, 6.45) is 7.36. The SMILES string of the molecule is CCCCCc1ccc(C2CCC(c3ccc(-c4ccc(CC)cc4)c(F)c3F)CO2)cc1. The van der Waals surface area contributed by atoms with Gasteiger partial charge in [0.05, 0.1) is 12.7 Å². The second-order valence-corrected chi connectivity index (χ2v) is 9.18. The minimum absolute atomic E-state index is 0.0233. The molecule has 0 aromatic heterocycles. The predicted octanol–water partition coefficient (Wildman–Crippen LogP) is 8.56. The molecule has 2 atom stereocenters. The number of rotatable bonds is 8. The van der Waals surface area contributed by atoms with Crippen LogP contribution in [0.5, 0.6) is 0 Å². The highest BCUT2D eigenvalue weighted by Crippen LogP contribution is 2.38. The van der Waals surface area contributed by atoms with E-state index in [0.29, 0.717) is 23.3 Å². The Labute approximate surface area is 196 Å². The van der Waals surface area contributed by atoms with Crippen LogP contribution in [0.4, 0.5) is 8.78 Å². The van der Waals surface area contributed by atoms with Gasteiger partial charge in [-0.15, -0.1) is 0 Å². The summed E-state index contributed by atoms with van der Waals surface area (Å²) in [5.41, 5.74) is 5.15. The van der Waals surface area contributed by atoms with Crippen molar-refractivity contribution in [2.75, 3.05) is 6.61 Å². The fourth-order valence-corrected chi connectivity index (χ4v) is 4.76. The van der Waals surface area contributed by atoms with Gasteiger partial charge in [-0.1, -0.05) is 87.4 Å². The number of benzene rings is 3. The fourth-order valence-electron chi connectivity index (χ4n) is 4.76. The maximum absolute atomic E-state index is 15.0. The first kappa shape index (κ1) is 23.6. The summed E-state index contributed by atoms with van der Waals surface area (Å²) in [5.74, 6) is -1.63. The zero-order chi connectivity index (χ0) is 23.2. The van der Waals surface area contributed by atoms with Gasteiger partial charge >= 0.3 is 0 Å².